The summed E-state index contributed by atoms with van der Waals surface area (Å²) in [7, 11) is 0. The number of rotatable bonds is 2. The number of nitrogens with zero attached hydrogens (tertiary/aromatic N) is 1. The fourth-order valence-electron chi connectivity index (χ4n) is 5.37. The molecule has 2 heterocycles. The fraction of sp³-hybridized carbons (Fsp3) is 0.154. The van der Waals surface area contributed by atoms with E-state index in [1.807, 2.05) is 0 Å². The first-order valence-corrected chi connectivity index (χ1v) is 11.8. The number of fused-ring (bicyclic) bond motifs is 3. The molecule has 0 bridgehead atoms. The maximum atomic E-state index is 13.9. The van der Waals surface area contributed by atoms with Crippen LogP contribution < -0.4 is 4.90 Å². The van der Waals surface area contributed by atoms with Gasteiger partial charge in [-0.1, -0.05) is 77.3 Å². The smallest absolute Gasteiger partial charge is 0.241 e. The van der Waals surface area contributed by atoms with Gasteiger partial charge in [-0.2, -0.15) is 0 Å². The van der Waals surface area contributed by atoms with E-state index in [2.05, 4.69) is 0 Å². The highest BCUT2D eigenvalue weighted by atomic mass is 35.5. The third kappa shape index (κ3) is 2.88. The minimum Gasteiger partial charge on any atom is -0.349 e. The van der Waals surface area contributed by atoms with E-state index in [0.29, 0.717) is 10.6 Å². The second-order valence-corrected chi connectivity index (χ2v) is 9.84. The molecule has 3 aliphatic rings. The Kier molecular flexibility index (Phi) is 4.96. The predicted molar refractivity (Wildman–Crippen MR) is 129 cm³/mol. The van der Waals surface area contributed by atoms with Gasteiger partial charge in [0.1, 0.15) is 0 Å². The predicted octanol–water partition coefficient (Wildman–Crippen LogP) is 5.34. The van der Waals surface area contributed by atoms with Gasteiger partial charge in [0.05, 0.1) is 33.7 Å². The summed E-state index contributed by atoms with van der Waals surface area (Å²) in [6.45, 7) is 0. The topological polar surface area (TPSA) is 80.8 Å². The molecule has 1 aliphatic carbocycles. The van der Waals surface area contributed by atoms with E-state index in [4.69, 9.17) is 39.5 Å². The highest BCUT2D eigenvalue weighted by Crippen LogP contribution is 2.58. The van der Waals surface area contributed by atoms with Crippen LogP contribution in [0.15, 0.2) is 66.7 Å². The Morgan fingerprint density at radius 1 is 0.743 bits per heavy atom. The van der Waals surface area contributed by atoms with E-state index in [0.717, 1.165) is 4.90 Å². The van der Waals surface area contributed by atoms with E-state index in [-0.39, 0.29) is 26.9 Å². The molecule has 35 heavy (non-hydrogen) atoms. The molecule has 0 unspecified atom stereocenters. The molecular weight excluding hydrogens is 513 g/mol. The third-order valence-corrected chi connectivity index (χ3v) is 7.95. The molecule has 3 atom stereocenters. The van der Waals surface area contributed by atoms with Gasteiger partial charge in [0.2, 0.25) is 29.0 Å². The van der Waals surface area contributed by atoms with Crippen LogP contribution in [0.25, 0.3) is 0 Å². The molecule has 3 aromatic rings. The summed E-state index contributed by atoms with van der Waals surface area (Å²) in [6.07, 6.45) is -1.04. The molecule has 3 aromatic carbocycles. The molecular formula is C26H14Cl3NO5. The van der Waals surface area contributed by atoms with Crippen LogP contribution >= 0.6 is 34.8 Å². The van der Waals surface area contributed by atoms with Crippen LogP contribution in [0.3, 0.4) is 0 Å². The quantitative estimate of drug-likeness (QED) is 0.333. The number of halogens is 3. The maximum absolute atomic E-state index is 13.9. The summed E-state index contributed by atoms with van der Waals surface area (Å²) < 4.78 is 6.22. The standard InChI is InChI=1S/C26H14Cl3NO5/c27-13-10-8-12(9-11-13)21-18-19(25(34)30(24(18)33)17-7-3-6-16(28)20(17)29)26(35-21)22(31)14-4-1-2-5-15(14)23(26)32/h1-11,18-19,21H/t18-,19-,21-/m1/s1. The van der Waals surface area contributed by atoms with Crippen LogP contribution in [-0.4, -0.2) is 29.0 Å². The van der Waals surface area contributed by atoms with Gasteiger partial charge in [0.25, 0.3) is 0 Å². The van der Waals surface area contributed by atoms with E-state index < -0.39 is 46.9 Å². The first-order chi connectivity index (χ1) is 16.8. The van der Waals surface area contributed by atoms with Crippen molar-refractivity contribution in [1.82, 2.24) is 0 Å². The number of imide groups is 1. The molecule has 0 saturated carbocycles. The average molecular weight is 527 g/mol. The minimum atomic E-state index is -2.16. The zero-order valence-electron chi connectivity index (χ0n) is 17.7. The monoisotopic (exact) mass is 525 g/mol. The van der Waals surface area contributed by atoms with Gasteiger partial charge < -0.3 is 4.74 Å². The Morgan fingerprint density at radius 3 is 2.00 bits per heavy atom. The van der Waals surface area contributed by atoms with Gasteiger partial charge in [-0.15, -0.1) is 0 Å². The molecule has 0 N–H and O–H groups in total. The molecule has 174 valence electrons. The minimum absolute atomic E-state index is 0.0150. The summed E-state index contributed by atoms with van der Waals surface area (Å²) in [5.41, 5.74) is -1.24. The lowest BCUT2D eigenvalue weighted by Gasteiger charge is -2.27. The van der Waals surface area contributed by atoms with Gasteiger partial charge in [0.15, 0.2) is 0 Å². The summed E-state index contributed by atoms with van der Waals surface area (Å²) in [6, 6.07) is 17.4. The van der Waals surface area contributed by atoms with Crippen LogP contribution in [0.4, 0.5) is 5.69 Å². The molecule has 0 aromatic heterocycles. The summed E-state index contributed by atoms with van der Waals surface area (Å²) in [5, 5.41) is 0.628. The fourth-order valence-corrected chi connectivity index (χ4v) is 5.88. The first-order valence-electron chi connectivity index (χ1n) is 10.7. The van der Waals surface area contributed by atoms with Gasteiger partial charge in [-0.05, 0) is 29.8 Å². The number of ether oxygens (including phenoxy) is 1. The maximum Gasteiger partial charge on any atom is 0.241 e. The second-order valence-electron chi connectivity index (χ2n) is 8.62. The number of amides is 2. The lowest BCUT2D eigenvalue weighted by molar-refractivity contribution is -0.127. The normalized spacial score (nSPS) is 24.4. The summed E-state index contributed by atoms with van der Waals surface area (Å²) >= 11 is 18.5. The first kappa shape index (κ1) is 22.4. The van der Waals surface area contributed by atoms with Crippen molar-refractivity contribution in [1.29, 1.82) is 0 Å². The van der Waals surface area contributed by atoms with Crippen molar-refractivity contribution < 1.29 is 23.9 Å². The van der Waals surface area contributed by atoms with Crippen molar-refractivity contribution in [3.63, 3.8) is 0 Å². The van der Waals surface area contributed by atoms with Crippen LogP contribution in [0, 0.1) is 11.8 Å². The molecule has 2 saturated heterocycles. The molecule has 2 aliphatic heterocycles. The number of hydrogen-bond acceptors (Lipinski definition) is 5. The zero-order chi connectivity index (χ0) is 24.6. The van der Waals surface area contributed by atoms with Gasteiger partial charge in [0, 0.05) is 16.1 Å². The van der Waals surface area contributed by atoms with Gasteiger partial charge >= 0.3 is 0 Å². The van der Waals surface area contributed by atoms with E-state index in [1.54, 1.807) is 42.5 Å². The number of anilines is 1. The lowest BCUT2D eigenvalue weighted by atomic mass is 9.77. The third-order valence-electron chi connectivity index (χ3n) is 6.89. The highest BCUT2D eigenvalue weighted by Gasteiger charge is 2.74. The molecule has 9 heteroatoms. The zero-order valence-corrected chi connectivity index (χ0v) is 20.0. The van der Waals surface area contributed by atoms with Crippen molar-refractivity contribution in [3.8, 4) is 0 Å². The summed E-state index contributed by atoms with van der Waals surface area (Å²) in [5.74, 6) is -5.15. The Hall–Kier alpha value is -3.03. The Bertz CT molecular complexity index is 1430. The molecule has 6 nitrogen and oxygen atoms in total. The van der Waals surface area contributed by atoms with Crippen LogP contribution in [0.2, 0.25) is 15.1 Å². The Labute approximate surface area is 214 Å². The van der Waals surface area contributed by atoms with Crippen LogP contribution in [0.1, 0.15) is 32.4 Å². The van der Waals surface area contributed by atoms with Crippen molar-refractivity contribution in [2.75, 3.05) is 4.90 Å². The molecule has 6 rings (SSSR count). The second kappa shape index (κ2) is 7.73. The number of ketones is 2. The largest absolute Gasteiger partial charge is 0.349 e. The number of carbonyl (C=O) groups excluding carboxylic acids is 4. The number of carbonyl (C=O) groups is 4. The van der Waals surface area contributed by atoms with Crippen molar-refractivity contribution >= 4 is 63.9 Å². The SMILES string of the molecule is O=C1[C@H]2[C@@H](c3ccc(Cl)cc3)OC3(C(=O)c4ccccc4C3=O)[C@H]2C(=O)N1c1cccc(Cl)c1Cl. The molecule has 1 spiro atoms. The van der Waals surface area contributed by atoms with E-state index >= 15 is 0 Å². The van der Waals surface area contributed by atoms with Crippen molar-refractivity contribution in [3.05, 3.63) is 98.5 Å². The van der Waals surface area contributed by atoms with Crippen LogP contribution in [0.5, 0.6) is 0 Å². The molecule has 2 fully saturated rings. The highest BCUT2D eigenvalue weighted by molar-refractivity contribution is 6.45. The number of Topliss-reactive ketones (excluding diaryl/α,β-unsaturated/α-hetero) is 2. The Morgan fingerprint density at radius 2 is 1.37 bits per heavy atom. The number of benzene rings is 3. The molecule has 2 amide bonds. The average Bonchev–Trinajstić information content (AvgIpc) is 3.42. The van der Waals surface area contributed by atoms with E-state index in [1.165, 1.54) is 24.3 Å². The van der Waals surface area contributed by atoms with Crippen molar-refractivity contribution in [2.24, 2.45) is 11.8 Å². The van der Waals surface area contributed by atoms with Gasteiger partial charge in [-0.25, -0.2) is 4.90 Å². The number of hydrogen-bond donors (Lipinski definition) is 0. The Balaban J connectivity index is 1.56. The van der Waals surface area contributed by atoms with Crippen molar-refractivity contribution in [2.45, 2.75) is 11.7 Å². The summed E-state index contributed by atoms with van der Waals surface area (Å²) in [4.78, 5) is 56.1. The van der Waals surface area contributed by atoms with Gasteiger partial charge in [-0.3, -0.25) is 19.2 Å². The molecule has 0 radical (unpaired) electrons. The van der Waals surface area contributed by atoms with Crippen LogP contribution in [-0.2, 0) is 14.3 Å². The lowest BCUT2D eigenvalue weighted by Crippen LogP contribution is -2.51. The van der Waals surface area contributed by atoms with E-state index in [9.17, 15) is 19.2 Å².